The Balaban J connectivity index is 1.37. The number of amides is 3. The largest absolute Gasteiger partial charge is 0.444 e. The fourth-order valence-corrected chi connectivity index (χ4v) is 4.57. The molecule has 1 aromatic carbocycles. The maximum absolute atomic E-state index is 12.8. The van der Waals surface area contributed by atoms with Crippen molar-refractivity contribution >= 4 is 23.6 Å². The molecule has 0 bridgehead atoms. The SMILES string of the molecule is Cc1cccc(C)c1NC(=O)CN1CCN(C(=O)CC2CCN(C(=O)OC(C)(C)C)CC2)CC1. The molecule has 2 aliphatic heterocycles. The Morgan fingerprint density at radius 3 is 2.09 bits per heavy atom. The molecule has 0 saturated carbocycles. The molecule has 2 fully saturated rings. The fourth-order valence-electron chi connectivity index (χ4n) is 4.57. The Kier molecular flexibility index (Phi) is 8.57. The molecule has 0 aliphatic carbocycles. The van der Waals surface area contributed by atoms with Crippen molar-refractivity contribution in [2.45, 2.75) is 59.5 Å². The summed E-state index contributed by atoms with van der Waals surface area (Å²) in [7, 11) is 0. The smallest absolute Gasteiger partial charge is 0.410 e. The van der Waals surface area contributed by atoms with Crippen LogP contribution in [0.15, 0.2) is 18.2 Å². The minimum Gasteiger partial charge on any atom is -0.444 e. The molecule has 0 radical (unpaired) electrons. The second-order valence-corrected chi connectivity index (χ2v) is 10.6. The molecule has 8 heteroatoms. The van der Waals surface area contributed by atoms with Crippen molar-refractivity contribution in [2.75, 3.05) is 51.1 Å². The molecule has 2 heterocycles. The number of para-hydroxylation sites is 1. The molecule has 2 aliphatic rings. The number of ether oxygens (including phenoxy) is 1. The summed E-state index contributed by atoms with van der Waals surface area (Å²) in [6, 6.07) is 5.98. The lowest BCUT2D eigenvalue weighted by atomic mass is 9.93. The molecule has 3 amide bonds. The van der Waals surface area contributed by atoms with Gasteiger partial charge in [-0.25, -0.2) is 4.79 Å². The minimum absolute atomic E-state index is 0.0195. The topological polar surface area (TPSA) is 82.2 Å². The van der Waals surface area contributed by atoms with Gasteiger partial charge in [-0.15, -0.1) is 0 Å². The summed E-state index contributed by atoms with van der Waals surface area (Å²) in [4.78, 5) is 43.4. The number of nitrogens with one attached hydrogen (secondary N) is 1. The van der Waals surface area contributed by atoms with Crippen LogP contribution in [0.5, 0.6) is 0 Å². The highest BCUT2D eigenvalue weighted by Gasteiger charge is 2.30. The molecule has 3 rings (SSSR count). The maximum atomic E-state index is 12.8. The number of carbonyl (C=O) groups is 3. The first-order chi connectivity index (χ1) is 16.0. The standard InChI is InChI=1S/C26H40N4O4/c1-19-7-6-8-20(2)24(19)27-22(31)18-28-13-15-29(16-14-28)23(32)17-21-9-11-30(12-10-21)25(33)34-26(3,4)5/h6-8,21H,9-18H2,1-5H3,(H,27,31). The Morgan fingerprint density at radius 1 is 0.941 bits per heavy atom. The molecule has 188 valence electrons. The van der Waals surface area contributed by atoms with Crippen molar-refractivity contribution in [1.82, 2.24) is 14.7 Å². The van der Waals surface area contributed by atoms with Crippen molar-refractivity contribution in [3.63, 3.8) is 0 Å². The van der Waals surface area contributed by atoms with Gasteiger partial charge in [-0.1, -0.05) is 18.2 Å². The van der Waals surface area contributed by atoms with Crippen molar-refractivity contribution in [2.24, 2.45) is 5.92 Å². The average molecular weight is 473 g/mol. The van der Waals surface area contributed by atoms with E-state index >= 15 is 0 Å². The number of hydrogen-bond donors (Lipinski definition) is 1. The van der Waals surface area contributed by atoms with E-state index in [0.717, 1.165) is 29.7 Å². The second kappa shape index (κ2) is 11.2. The van der Waals surface area contributed by atoms with E-state index in [9.17, 15) is 14.4 Å². The lowest BCUT2D eigenvalue weighted by Gasteiger charge is -2.36. The molecule has 1 aromatic rings. The molecule has 34 heavy (non-hydrogen) atoms. The van der Waals surface area contributed by atoms with Crippen molar-refractivity contribution in [1.29, 1.82) is 0 Å². The summed E-state index contributed by atoms with van der Waals surface area (Å²) in [5.41, 5.74) is 2.51. The number of benzene rings is 1. The molecule has 8 nitrogen and oxygen atoms in total. The van der Waals surface area contributed by atoms with Gasteiger partial charge >= 0.3 is 6.09 Å². The summed E-state index contributed by atoms with van der Waals surface area (Å²) in [6.07, 6.45) is 1.90. The first kappa shape index (κ1) is 26.0. The number of aryl methyl sites for hydroxylation is 2. The van der Waals surface area contributed by atoms with Crippen molar-refractivity contribution in [3.05, 3.63) is 29.3 Å². The van der Waals surface area contributed by atoms with E-state index in [1.54, 1.807) is 4.90 Å². The number of hydrogen-bond acceptors (Lipinski definition) is 5. The van der Waals surface area contributed by atoms with Crippen LogP contribution < -0.4 is 5.32 Å². The highest BCUT2D eigenvalue weighted by atomic mass is 16.6. The monoisotopic (exact) mass is 472 g/mol. The molecule has 0 spiro atoms. The van der Waals surface area contributed by atoms with Gasteiger partial charge in [0, 0.05) is 51.4 Å². The highest BCUT2D eigenvalue weighted by Crippen LogP contribution is 2.24. The van der Waals surface area contributed by atoms with Crippen molar-refractivity contribution in [3.8, 4) is 0 Å². The van der Waals surface area contributed by atoms with Gasteiger partial charge in [0.25, 0.3) is 0 Å². The summed E-state index contributed by atoms with van der Waals surface area (Å²) in [6.45, 7) is 13.9. The number of rotatable bonds is 5. The third-order valence-electron chi connectivity index (χ3n) is 6.57. The summed E-state index contributed by atoms with van der Waals surface area (Å²) < 4.78 is 5.45. The van der Waals surface area contributed by atoms with Gasteiger partial charge in [-0.3, -0.25) is 14.5 Å². The fraction of sp³-hybridized carbons (Fsp3) is 0.654. The van der Waals surface area contributed by atoms with E-state index in [0.29, 0.717) is 58.2 Å². The molecule has 2 saturated heterocycles. The molecule has 0 aromatic heterocycles. The van der Waals surface area contributed by atoms with E-state index in [2.05, 4.69) is 10.2 Å². The summed E-state index contributed by atoms with van der Waals surface area (Å²) >= 11 is 0. The number of piperazine rings is 1. The van der Waals surface area contributed by atoms with Gasteiger partial charge in [-0.2, -0.15) is 0 Å². The number of piperidine rings is 1. The summed E-state index contributed by atoms with van der Waals surface area (Å²) in [5.74, 6) is 0.455. The lowest BCUT2D eigenvalue weighted by Crippen LogP contribution is -2.51. The third kappa shape index (κ3) is 7.45. The highest BCUT2D eigenvalue weighted by molar-refractivity contribution is 5.93. The lowest BCUT2D eigenvalue weighted by molar-refractivity contribution is -0.134. The molecule has 0 unspecified atom stereocenters. The average Bonchev–Trinajstić information content (AvgIpc) is 2.76. The number of anilines is 1. The zero-order valence-electron chi connectivity index (χ0n) is 21.4. The van der Waals surface area contributed by atoms with E-state index in [4.69, 9.17) is 4.74 Å². The third-order valence-corrected chi connectivity index (χ3v) is 6.57. The maximum Gasteiger partial charge on any atom is 0.410 e. The van der Waals surface area contributed by atoms with Gasteiger partial charge in [0.05, 0.1) is 6.54 Å². The van der Waals surface area contributed by atoms with Gasteiger partial charge in [-0.05, 0) is 64.5 Å². The van der Waals surface area contributed by atoms with Crippen LogP contribution in [0.4, 0.5) is 10.5 Å². The van der Waals surface area contributed by atoms with Gasteiger partial charge < -0.3 is 19.9 Å². The van der Waals surface area contributed by atoms with Crippen LogP contribution in [0.3, 0.4) is 0 Å². The normalized spacial score (nSPS) is 18.0. The van der Waals surface area contributed by atoms with E-state index in [1.807, 2.05) is 57.7 Å². The Hall–Kier alpha value is -2.61. The first-order valence-electron chi connectivity index (χ1n) is 12.4. The van der Waals surface area contributed by atoms with Gasteiger partial charge in [0.2, 0.25) is 11.8 Å². The molecule has 0 atom stereocenters. The molecular formula is C26H40N4O4. The Labute approximate surface area is 203 Å². The molecular weight excluding hydrogens is 432 g/mol. The quantitative estimate of drug-likeness (QED) is 0.710. The predicted octanol–water partition coefficient (Wildman–Crippen LogP) is 3.42. The zero-order chi connectivity index (χ0) is 24.9. The van der Waals surface area contributed by atoms with Crippen LogP contribution in [0, 0.1) is 19.8 Å². The predicted molar refractivity (Wildman–Crippen MR) is 133 cm³/mol. The molecule has 1 N–H and O–H groups in total. The second-order valence-electron chi connectivity index (χ2n) is 10.6. The van der Waals surface area contributed by atoms with Crippen LogP contribution >= 0.6 is 0 Å². The number of carbonyl (C=O) groups excluding carboxylic acids is 3. The summed E-state index contributed by atoms with van der Waals surface area (Å²) in [5, 5.41) is 3.04. The number of likely N-dealkylation sites (tertiary alicyclic amines) is 1. The van der Waals surface area contributed by atoms with Crippen LogP contribution in [-0.4, -0.2) is 84.0 Å². The Bertz CT molecular complexity index is 859. The van der Waals surface area contributed by atoms with Gasteiger partial charge in [0.1, 0.15) is 5.60 Å². The van der Waals surface area contributed by atoms with Gasteiger partial charge in [0.15, 0.2) is 0 Å². The van der Waals surface area contributed by atoms with Crippen molar-refractivity contribution < 1.29 is 19.1 Å². The number of nitrogens with zero attached hydrogens (tertiary/aromatic N) is 3. The van der Waals surface area contributed by atoms with E-state index in [1.165, 1.54) is 0 Å². The van der Waals surface area contributed by atoms with E-state index < -0.39 is 5.60 Å². The first-order valence-corrected chi connectivity index (χ1v) is 12.4. The zero-order valence-corrected chi connectivity index (χ0v) is 21.4. The minimum atomic E-state index is -0.494. The van der Waals surface area contributed by atoms with Crippen LogP contribution in [0.2, 0.25) is 0 Å². The van der Waals surface area contributed by atoms with Crippen LogP contribution in [0.1, 0.15) is 51.2 Å². The Morgan fingerprint density at radius 2 is 1.53 bits per heavy atom. The van der Waals surface area contributed by atoms with Crippen LogP contribution in [-0.2, 0) is 14.3 Å². The van der Waals surface area contributed by atoms with Crippen LogP contribution in [0.25, 0.3) is 0 Å². The van der Waals surface area contributed by atoms with E-state index in [-0.39, 0.29) is 17.9 Å².